The Bertz CT molecular complexity index is 697. The SMILES string of the molecule is COC[C@H]1CC[C@@H]2/C1=C\[C@]1(C)C(=C([C@H](C)COC(C)=O)C[C@@H]1O)[C@@H](O)[C@H](O)[C@@H]2C. The predicted octanol–water partition coefficient (Wildman–Crippen LogP) is 2.22. The Morgan fingerprint density at radius 3 is 2.62 bits per heavy atom. The molecule has 3 N–H and O–H groups in total. The minimum Gasteiger partial charge on any atom is -0.465 e. The highest BCUT2D eigenvalue weighted by molar-refractivity contribution is 5.65. The number of rotatable bonds is 5. The van der Waals surface area contributed by atoms with Crippen LogP contribution in [-0.2, 0) is 14.3 Å². The highest BCUT2D eigenvalue weighted by Crippen LogP contribution is 2.54. The van der Waals surface area contributed by atoms with Gasteiger partial charge in [-0.2, -0.15) is 0 Å². The molecule has 0 aromatic carbocycles. The fourth-order valence-corrected chi connectivity index (χ4v) is 5.78. The highest BCUT2D eigenvalue weighted by Gasteiger charge is 2.52. The van der Waals surface area contributed by atoms with Gasteiger partial charge in [-0.3, -0.25) is 4.79 Å². The van der Waals surface area contributed by atoms with Gasteiger partial charge in [0.1, 0.15) is 6.10 Å². The highest BCUT2D eigenvalue weighted by atomic mass is 16.5. The molecule has 3 rings (SSSR count). The van der Waals surface area contributed by atoms with Gasteiger partial charge in [-0.15, -0.1) is 0 Å². The van der Waals surface area contributed by atoms with Gasteiger partial charge in [-0.05, 0) is 43.6 Å². The number of aliphatic hydroxyl groups excluding tert-OH is 3. The normalized spacial score (nSPS) is 42.4. The molecule has 0 aliphatic heterocycles. The van der Waals surface area contributed by atoms with Crippen molar-refractivity contribution in [2.45, 2.75) is 65.3 Å². The Balaban J connectivity index is 2.10. The molecule has 0 aromatic rings. The molecule has 8 atom stereocenters. The molecule has 6 nitrogen and oxygen atoms in total. The van der Waals surface area contributed by atoms with E-state index in [1.54, 1.807) is 7.11 Å². The minimum absolute atomic E-state index is 0.0991. The molecule has 0 spiro atoms. The third-order valence-corrected chi connectivity index (χ3v) is 7.52. The number of hydrogen-bond acceptors (Lipinski definition) is 6. The first kappa shape index (κ1) is 22.5. The molecule has 3 aliphatic carbocycles. The number of methoxy groups -OCH3 is 1. The van der Waals surface area contributed by atoms with Crippen molar-refractivity contribution in [3.63, 3.8) is 0 Å². The molecular weight excluding hydrogens is 372 g/mol. The lowest BCUT2D eigenvalue weighted by Crippen LogP contribution is -2.44. The average molecular weight is 409 g/mol. The summed E-state index contributed by atoms with van der Waals surface area (Å²) in [6, 6.07) is 0. The molecule has 29 heavy (non-hydrogen) atoms. The van der Waals surface area contributed by atoms with Crippen molar-refractivity contribution in [1.29, 1.82) is 0 Å². The Kier molecular flexibility index (Phi) is 6.59. The second-order valence-electron chi connectivity index (χ2n) is 9.42. The van der Waals surface area contributed by atoms with E-state index < -0.39 is 23.7 Å². The topological polar surface area (TPSA) is 96.2 Å². The van der Waals surface area contributed by atoms with E-state index in [1.807, 2.05) is 20.8 Å². The summed E-state index contributed by atoms with van der Waals surface area (Å²) in [6.45, 7) is 8.07. The molecule has 0 heterocycles. The summed E-state index contributed by atoms with van der Waals surface area (Å²) in [6.07, 6.45) is 1.83. The van der Waals surface area contributed by atoms with Crippen LogP contribution in [-0.4, -0.2) is 59.9 Å². The van der Waals surface area contributed by atoms with Crippen molar-refractivity contribution in [3.8, 4) is 0 Å². The smallest absolute Gasteiger partial charge is 0.302 e. The number of fused-ring (bicyclic) bond motifs is 2. The van der Waals surface area contributed by atoms with E-state index in [0.29, 0.717) is 18.6 Å². The maximum Gasteiger partial charge on any atom is 0.302 e. The lowest BCUT2D eigenvalue weighted by Gasteiger charge is -2.41. The molecule has 1 fully saturated rings. The fourth-order valence-electron chi connectivity index (χ4n) is 5.78. The van der Waals surface area contributed by atoms with Gasteiger partial charge in [-0.1, -0.05) is 31.1 Å². The van der Waals surface area contributed by atoms with Crippen LogP contribution in [0.1, 0.15) is 47.0 Å². The van der Waals surface area contributed by atoms with E-state index in [4.69, 9.17) is 9.47 Å². The summed E-state index contributed by atoms with van der Waals surface area (Å²) < 4.78 is 10.6. The van der Waals surface area contributed by atoms with Crippen molar-refractivity contribution in [1.82, 2.24) is 0 Å². The van der Waals surface area contributed by atoms with Crippen LogP contribution >= 0.6 is 0 Å². The van der Waals surface area contributed by atoms with Gasteiger partial charge in [0.2, 0.25) is 0 Å². The minimum atomic E-state index is -1.05. The predicted molar refractivity (Wildman–Crippen MR) is 109 cm³/mol. The van der Waals surface area contributed by atoms with E-state index >= 15 is 0 Å². The molecule has 1 saturated carbocycles. The van der Waals surface area contributed by atoms with Crippen LogP contribution in [0.4, 0.5) is 0 Å². The second kappa shape index (κ2) is 8.50. The van der Waals surface area contributed by atoms with Crippen LogP contribution < -0.4 is 0 Å². The van der Waals surface area contributed by atoms with Crippen molar-refractivity contribution in [2.24, 2.45) is 29.1 Å². The van der Waals surface area contributed by atoms with E-state index in [2.05, 4.69) is 6.08 Å². The van der Waals surface area contributed by atoms with Gasteiger partial charge in [0, 0.05) is 31.3 Å². The van der Waals surface area contributed by atoms with E-state index in [0.717, 1.165) is 18.4 Å². The van der Waals surface area contributed by atoms with Crippen LogP contribution in [0.25, 0.3) is 0 Å². The Morgan fingerprint density at radius 2 is 2.00 bits per heavy atom. The number of ether oxygens (including phenoxy) is 2. The number of carbonyl (C=O) groups excluding carboxylic acids is 1. The number of aliphatic hydroxyl groups is 3. The molecule has 0 saturated heterocycles. The van der Waals surface area contributed by atoms with Crippen molar-refractivity contribution >= 4 is 5.97 Å². The fraction of sp³-hybridized carbons (Fsp3) is 0.783. The van der Waals surface area contributed by atoms with E-state index in [-0.39, 0.29) is 36.2 Å². The van der Waals surface area contributed by atoms with Gasteiger partial charge in [0.15, 0.2) is 0 Å². The number of esters is 1. The van der Waals surface area contributed by atoms with E-state index in [9.17, 15) is 20.1 Å². The van der Waals surface area contributed by atoms with Gasteiger partial charge in [0.05, 0.1) is 25.4 Å². The average Bonchev–Trinajstić information content (AvgIpc) is 3.16. The molecule has 3 aliphatic rings. The summed E-state index contributed by atoms with van der Waals surface area (Å²) >= 11 is 0. The van der Waals surface area contributed by atoms with Gasteiger partial charge in [0.25, 0.3) is 0 Å². The maximum atomic E-state index is 11.3. The zero-order valence-electron chi connectivity index (χ0n) is 18.2. The summed E-state index contributed by atoms with van der Waals surface area (Å²) in [7, 11) is 1.70. The van der Waals surface area contributed by atoms with Crippen LogP contribution in [0, 0.1) is 29.1 Å². The van der Waals surface area contributed by atoms with Gasteiger partial charge in [-0.25, -0.2) is 0 Å². The molecule has 0 bridgehead atoms. The third kappa shape index (κ3) is 3.92. The molecular formula is C23H36O6. The summed E-state index contributed by atoms with van der Waals surface area (Å²) in [5.41, 5.74) is 2.05. The van der Waals surface area contributed by atoms with E-state index in [1.165, 1.54) is 12.5 Å². The standard InChI is InChI=1S/C23H36O6/c1-12(10-29-14(3)24)17-8-19(25)23(4)9-18-15(11-28-5)6-7-16(18)13(2)21(26)22(27)20(17)23/h9,12-13,15-16,19,21-22,25-27H,6-8,10-11H2,1-5H3/b18-9-/t12-,13-,15-,16+,19+,21-,22-,23+/m1/s1. The van der Waals surface area contributed by atoms with Crippen LogP contribution in [0.2, 0.25) is 0 Å². The summed E-state index contributed by atoms with van der Waals surface area (Å²) in [5, 5.41) is 33.4. The first-order chi connectivity index (χ1) is 13.6. The van der Waals surface area contributed by atoms with Crippen LogP contribution in [0.5, 0.6) is 0 Å². The Morgan fingerprint density at radius 1 is 1.31 bits per heavy atom. The van der Waals surface area contributed by atoms with Crippen molar-refractivity contribution in [2.75, 3.05) is 20.3 Å². The first-order valence-corrected chi connectivity index (χ1v) is 10.7. The molecule has 0 unspecified atom stereocenters. The second-order valence-corrected chi connectivity index (χ2v) is 9.42. The summed E-state index contributed by atoms with van der Waals surface area (Å²) in [4.78, 5) is 11.3. The number of carbonyl (C=O) groups is 1. The Labute approximate surface area is 173 Å². The quantitative estimate of drug-likeness (QED) is 0.477. The monoisotopic (exact) mass is 408 g/mol. The van der Waals surface area contributed by atoms with Crippen LogP contribution in [0.3, 0.4) is 0 Å². The van der Waals surface area contributed by atoms with Crippen molar-refractivity contribution in [3.05, 3.63) is 22.8 Å². The molecule has 164 valence electrons. The zero-order chi connectivity index (χ0) is 21.5. The van der Waals surface area contributed by atoms with Gasteiger partial charge < -0.3 is 24.8 Å². The first-order valence-electron chi connectivity index (χ1n) is 10.7. The molecule has 0 radical (unpaired) electrons. The lowest BCUT2D eigenvalue weighted by atomic mass is 9.68. The van der Waals surface area contributed by atoms with Gasteiger partial charge >= 0.3 is 5.97 Å². The molecule has 6 heteroatoms. The Hall–Kier alpha value is -1.21. The van der Waals surface area contributed by atoms with Crippen LogP contribution in [0.15, 0.2) is 22.8 Å². The van der Waals surface area contributed by atoms with Crippen molar-refractivity contribution < 1.29 is 29.6 Å². The zero-order valence-corrected chi connectivity index (χ0v) is 18.2. The number of hydrogen-bond donors (Lipinski definition) is 3. The molecule has 0 amide bonds. The third-order valence-electron chi connectivity index (χ3n) is 7.52. The largest absolute Gasteiger partial charge is 0.465 e. The molecule has 0 aromatic heterocycles. The summed E-state index contributed by atoms with van der Waals surface area (Å²) in [5.74, 6) is -0.156. The lowest BCUT2D eigenvalue weighted by molar-refractivity contribution is -0.141. The maximum absolute atomic E-state index is 11.3.